The summed E-state index contributed by atoms with van der Waals surface area (Å²) in [6.07, 6.45) is 5.18. The molecule has 0 atom stereocenters. The highest BCUT2D eigenvalue weighted by Gasteiger charge is 2.29. The Kier molecular flexibility index (Phi) is 5.00. The van der Waals surface area contributed by atoms with E-state index in [2.05, 4.69) is 44.2 Å². The summed E-state index contributed by atoms with van der Waals surface area (Å²) in [5, 5.41) is 12.1. The summed E-state index contributed by atoms with van der Waals surface area (Å²) in [5.74, 6) is 2.77. The SMILES string of the molecule is COc1c(C)cnc(CSc2nnc(Cc3cccs3)n2C2CC2)c1C. The van der Waals surface area contributed by atoms with Gasteiger partial charge < -0.3 is 9.30 Å². The number of nitrogens with zero attached hydrogens (tertiary/aromatic N) is 4. The smallest absolute Gasteiger partial charge is 0.191 e. The molecule has 1 aliphatic carbocycles. The highest BCUT2D eigenvalue weighted by molar-refractivity contribution is 7.98. The van der Waals surface area contributed by atoms with Crippen molar-refractivity contribution in [2.75, 3.05) is 7.11 Å². The van der Waals surface area contributed by atoms with E-state index in [-0.39, 0.29) is 0 Å². The van der Waals surface area contributed by atoms with Crippen LogP contribution < -0.4 is 4.74 Å². The molecule has 7 heteroatoms. The minimum absolute atomic E-state index is 0.559. The number of hydrogen-bond acceptors (Lipinski definition) is 6. The maximum absolute atomic E-state index is 5.52. The molecule has 3 aromatic heterocycles. The van der Waals surface area contributed by atoms with E-state index in [4.69, 9.17) is 4.74 Å². The van der Waals surface area contributed by atoms with Crippen LogP contribution in [0.5, 0.6) is 5.75 Å². The van der Waals surface area contributed by atoms with Gasteiger partial charge in [0.2, 0.25) is 0 Å². The van der Waals surface area contributed by atoms with Crippen LogP contribution in [0.4, 0.5) is 0 Å². The Hall–Kier alpha value is -1.86. The van der Waals surface area contributed by atoms with Gasteiger partial charge in [-0.15, -0.1) is 21.5 Å². The number of hydrogen-bond donors (Lipinski definition) is 0. The first-order chi connectivity index (χ1) is 12.7. The molecule has 0 aromatic carbocycles. The largest absolute Gasteiger partial charge is 0.496 e. The number of aryl methyl sites for hydroxylation is 1. The fraction of sp³-hybridized carbons (Fsp3) is 0.421. The van der Waals surface area contributed by atoms with E-state index in [0.29, 0.717) is 6.04 Å². The van der Waals surface area contributed by atoms with Crippen molar-refractivity contribution in [3.8, 4) is 5.75 Å². The van der Waals surface area contributed by atoms with E-state index < -0.39 is 0 Å². The van der Waals surface area contributed by atoms with Crippen LogP contribution in [0.2, 0.25) is 0 Å². The number of methoxy groups -OCH3 is 1. The van der Waals surface area contributed by atoms with Crippen LogP contribution in [0.3, 0.4) is 0 Å². The molecular formula is C19H22N4OS2. The van der Waals surface area contributed by atoms with Crippen LogP contribution in [0.25, 0.3) is 0 Å². The number of aromatic nitrogens is 4. The van der Waals surface area contributed by atoms with E-state index >= 15 is 0 Å². The molecule has 3 heterocycles. The van der Waals surface area contributed by atoms with Crippen molar-refractivity contribution in [3.63, 3.8) is 0 Å². The minimum atomic E-state index is 0.559. The van der Waals surface area contributed by atoms with Gasteiger partial charge in [0.1, 0.15) is 11.6 Å². The van der Waals surface area contributed by atoms with E-state index in [1.165, 1.54) is 17.7 Å². The summed E-state index contributed by atoms with van der Waals surface area (Å²) in [6, 6.07) is 4.81. The third-order valence-electron chi connectivity index (χ3n) is 4.65. The van der Waals surface area contributed by atoms with Crippen LogP contribution in [0.1, 0.15) is 46.4 Å². The van der Waals surface area contributed by atoms with Crippen LogP contribution >= 0.6 is 23.1 Å². The lowest BCUT2D eigenvalue weighted by Gasteiger charge is -2.12. The molecular weight excluding hydrogens is 364 g/mol. The fourth-order valence-electron chi connectivity index (χ4n) is 3.14. The monoisotopic (exact) mass is 386 g/mol. The normalized spacial score (nSPS) is 14.0. The van der Waals surface area contributed by atoms with Gasteiger partial charge >= 0.3 is 0 Å². The number of pyridine rings is 1. The number of rotatable bonds is 7. The first-order valence-electron chi connectivity index (χ1n) is 8.75. The van der Waals surface area contributed by atoms with E-state index in [1.807, 2.05) is 13.1 Å². The Morgan fingerprint density at radius 2 is 2.15 bits per heavy atom. The van der Waals surface area contributed by atoms with Crippen molar-refractivity contribution in [3.05, 3.63) is 51.2 Å². The summed E-state index contributed by atoms with van der Waals surface area (Å²) in [5.41, 5.74) is 3.22. The molecule has 0 radical (unpaired) electrons. The van der Waals surface area contributed by atoms with Gasteiger partial charge in [-0.1, -0.05) is 17.8 Å². The van der Waals surface area contributed by atoms with Gasteiger partial charge in [-0.2, -0.15) is 0 Å². The van der Waals surface area contributed by atoms with Gasteiger partial charge in [0.05, 0.1) is 12.8 Å². The van der Waals surface area contributed by atoms with Gasteiger partial charge in [0.15, 0.2) is 5.16 Å². The molecule has 26 heavy (non-hydrogen) atoms. The van der Waals surface area contributed by atoms with Crippen molar-refractivity contribution in [2.24, 2.45) is 0 Å². The quantitative estimate of drug-likeness (QED) is 0.556. The Balaban J connectivity index is 1.55. The summed E-state index contributed by atoms with van der Waals surface area (Å²) >= 11 is 3.49. The molecule has 136 valence electrons. The average Bonchev–Trinajstić information content (AvgIpc) is 3.18. The average molecular weight is 387 g/mol. The fourth-order valence-corrected chi connectivity index (χ4v) is 4.89. The molecule has 4 rings (SSSR count). The molecule has 1 saturated carbocycles. The Bertz CT molecular complexity index is 901. The second kappa shape index (κ2) is 7.40. The third kappa shape index (κ3) is 3.50. The van der Waals surface area contributed by atoms with E-state index in [0.717, 1.165) is 45.7 Å². The Labute approximate surface area is 161 Å². The molecule has 5 nitrogen and oxygen atoms in total. The second-order valence-corrected chi connectivity index (χ2v) is 8.57. The standard InChI is InChI=1S/C19H22N4OS2/c1-12-10-20-16(13(2)18(12)24-3)11-26-19-22-21-17(23(19)14-6-7-14)9-15-5-4-8-25-15/h4-5,8,10,14H,6-7,9,11H2,1-3H3. The molecule has 0 N–H and O–H groups in total. The van der Waals surface area contributed by atoms with E-state index in [1.54, 1.807) is 30.2 Å². The molecule has 0 spiro atoms. The van der Waals surface area contributed by atoms with Crippen molar-refractivity contribution >= 4 is 23.1 Å². The zero-order chi connectivity index (χ0) is 18.1. The first kappa shape index (κ1) is 17.5. The first-order valence-corrected chi connectivity index (χ1v) is 10.6. The molecule has 1 fully saturated rings. The molecule has 0 bridgehead atoms. The maximum Gasteiger partial charge on any atom is 0.191 e. The molecule has 0 amide bonds. The topological polar surface area (TPSA) is 52.8 Å². The summed E-state index contributed by atoms with van der Waals surface area (Å²) in [4.78, 5) is 5.93. The number of thiophene rings is 1. The van der Waals surface area contributed by atoms with E-state index in [9.17, 15) is 0 Å². The van der Waals surface area contributed by atoms with Crippen molar-refractivity contribution in [1.82, 2.24) is 19.7 Å². The summed E-state index contributed by atoms with van der Waals surface area (Å²) in [7, 11) is 1.72. The summed E-state index contributed by atoms with van der Waals surface area (Å²) in [6.45, 7) is 4.10. The second-order valence-electron chi connectivity index (χ2n) is 6.59. The molecule has 1 aliphatic rings. The van der Waals surface area contributed by atoms with Crippen LogP contribution in [0, 0.1) is 13.8 Å². The number of ether oxygens (including phenoxy) is 1. The Morgan fingerprint density at radius 3 is 2.85 bits per heavy atom. The lowest BCUT2D eigenvalue weighted by Crippen LogP contribution is -2.04. The molecule has 0 saturated heterocycles. The van der Waals surface area contributed by atoms with Gasteiger partial charge in [-0.25, -0.2) is 0 Å². The highest BCUT2D eigenvalue weighted by Crippen LogP contribution is 2.40. The molecule has 3 aromatic rings. The summed E-state index contributed by atoms with van der Waals surface area (Å²) < 4.78 is 7.86. The maximum atomic E-state index is 5.52. The van der Waals surface area contributed by atoms with Crippen LogP contribution in [0.15, 0.2) is 28.9 Å². The Morgan fingerprint density at radius 1 is 1.31 bits per heavy atom. The third-order valence-corrected chi connectivity index (χ3v) is 6.48. The lowest BCUT2D eigenvalue weighted by molar-refractivity contribution is 0.407. The van der Waals surface area contributed by atoms with Crippen molar-refractivity contribution in [1.29, 1.82) is 0 Å². The van der Waals surface area contributed by atoms with Crippen LogP contribution in [-0.2, 0) is 12.2 Å². The lowest BCUT2D eigenvalue weighted by atomic mass is 10.1. The predicted octanol–water partition coefficient (Wildman–Crippen LogP) is 4.58. The van der Waals surface area contributed by atoms with Gasteiger partial charge in [-0.05, 0) is 38.1 Å². The zero-order valence-corrected chi connectivity index (χ0v) is 16.9. The molecule has 0 unspecified atom stereocenters. The van der Waals surface area contributed by atoms with Crippen molar-refractivity contribution < 1.29 is 4.74 Å². The zero-order valence-electron chi connectivity index (χ0n) is 15.2. The van der Waals surface area contributed by atoms with Crippen molar-refractivity contribution in [2.45, 2.75) is 50.1 Å². The predicted molar refractivity (Wildman–Crippen MR) is 105 cm³/mol. The molecule has 0 aliphatic heterocycles. The highest BCUT2D eigenvalue weighted by atomic mass is 32.2. The number of thioether (sulfide) groups is 1. The van der Waals surface area contributed by atoms with Gasteiger partial charge in [-0.3, -0.25) is 4.98 Å². The minimum Gasteiger partial charge on any atom is -0.496 e. The van der Waals surface area contributed by atoms with Gasteiger partial charge in [0, 0.05) is 40.4 Å². The van der Waals surface area contributed by atoms with Gasteiger partial charge in [0.25, 0.3) is 0 Å². The van der Waals surface area contributed by atoms with Crippen LogP contribution in [-0.4, -0.2) is 26.9 Å².